The van der Waals surface area contributed by atoms with Crippen molar-refractivity contribution < 1.29 is 14.0 Å². The Kier molecular flexibility index (Phi) is 3.75. The minimum atomic E-state index is -0.583. The number of carbonyl (C=O) groups is 2. The van der Waals surface area contributed by atoms with Crippen LogP contribution in [0.2, 0.25) is 0 Å². The molecule has 1 heterocycles. The fourth-order valence-electron chi connectivity index (χ4n) is 2.08. The lowest BCUT2D eigenvalue weighted by atomic mass is 10.1. The molecule has 0 aliphatic carbocycles. The third-order valence-electron chi connectivity index (χ3n) is 3.19. The lowest BCUT2D eigenvalue weighted by Crippen LogP contribution is -2.32. The van der Waals surface area contributed by atoms with Gasteiger partial charge in [0.1, 0.15) is 5.82 Å². The van der Waals surface area contributed by atoms with Crippen molar-refractivity contribution in [2.75, 3.05) is 18.8 Å². The van der Waals surface area contributed by atoms with Gasteiger partial charge in [0.2, 0.25) is 5.91 Å². The molecule has 1 unspecified atom stereocenters. The summed E-state index contributed by atoms with van der Waals surface area (Å²) < 4.78 is 13.6. The molecule has 1 fully saturated rings. The summed E-state index contributed by atoms with van der Waals surface area (Å²) in [4.78, 5) is 24.9. The fourth-order valence-corrected chi connectivity index (χ4v) is 2.56. The second-order valence-corrected chi connectivity index (χ2v) is 5.35. The summed E-state index contributed by atoms with van der Waals surface area (Å²) >= 11 is 3.14. The van der Waals surface area contributed by atoms with E-state index in [0.29, 0.717) is 17.4 Å². The van der Waals surface area contributed by atoms with Crippen molar-refractivity contribution in [3.8, 4) is 0 Å². The monoisotopic (exact) mass is 329 g/mol. The highest BCUT2D eigenvalue weighted by Crippen LogP contribution is 2.26. The Morgan fingerprint density at radius 2 is 2.11 bits per heavy atom. The first kappa shape index (κ1) is 13.8. The number of hydrogen-bond acceptors (Lipinski definition) is 3. The number of rotatable bonds is 2. The van der Waals surface area contributed by atoms with Crippen LogP contribution in [-0.2, 0) is 4.79 Å². The molecule has 2 amide bonds. The van der Waals surface area contributed by atoms with Gasteiger partial charge in [-0.05, 0) is 34.5 Å². The summed E-state index contributed by atoms with van der Waals surface area (Å²) in [6.45, 7) is 0.744. The van der Waals surface area contributed by atoms with E-state index in [2.05, 4.69) is 15.9 Å². The summed E-state index contributed by atoms with van der Waals surface area (Å²) in [5.74, 6) is -1.60. The van der Waals surface area contributed by atoms with Gasteiger partial charge in [0.05, 0.1) is 17.2 Å². The molecule has 102 valence electrons. The Balaban J connectivity index is 2.22. The molecule has 2 rings (SSSR count). The molecular weight excluding hydrogens is 317 g/mol. The van der Waals surface area contributed by atoms with Gasteiger partial charge >= 0.3 is 0 Å². The van der Waals surface area contributed by atoms with Crippen LogP contribution >= 0.6 is 15.9 Å². The Labute approximate surface area is 117 Å². The largest absolute Gasteiger partial charge is 0.396 e. The van der Waals surface area contributed by atoms with E-state index in [1.807, 2.05) is 0 Å². The van der Waals surface area contributed by atoms with Gasteiger partial charge in [-0.1, -0.05) is 0 Å². The predicted octanol–water partition coefficient (Wildman–Crippen LogP) is 1.12. The van der Waals surface area contributed by atoms with Crippen molar-refractivity contribution in [3.05, 3.63) is 28.0 Å². The van der Waals surface area contributed by atoms with Crippen molar-refractivity contribution in [3.63, 3.8) is 0 Å². The van der Waals surface area contributed by atoms with E-state index in [1.165, 1.54) is 11.0 Å². The van der Waals surface area contributed by atoms with E-state index < -0.39 is 11.7 Å². The van der Waals surface area contributed by atoms with Crippen LogP contribution in [0.3, 0.4) is 0 Å². The lowest BCUT2D eigenvalue weighted by molar-refractivity contribution is -0.121. The Morgan fingerprint density at radius 3 is 2.68 bits per heavy atom. The molecular formula is C12H13BrFN3O2. The van der Waals surface area contributed by atoms with Crippen molar-refractivity contribution in [1.82, 2.24) is 4.90 Å². The summed E-state index contributed by atoms with van der Waals surface area (Å²) in [5.41, 5.74) is 10.9. The van der Waals surface area contributed by atoms with Gasteiger partial charge in [0, 0.05) is 17.6 Å². The SMILES string of the molecule is NC(=O)C1CCN(C(=O)c2cc(N)c(F)cc2Br)C1. The normalized spacial score (nSPS) is 18.6. The smallest absolute Gasteiger partial charge is 0.255 e. The van der Waals surface area contributed by atoms with E-state index in [9.17, 15) is 14.0 Å². The second kappa shape index (κ2) is 5.16. The van der Waals surface area contributed by atoms with Crippen molar-refractivity contribution in [2.45, 2.75) is 6.42 Å². The maximum Gasteiger partial charge on any atom is 0.255 e. The zero-order valence-corrected chi connectivity index (χ0v) is 11.6. The highest BCUT2D eigenvalue weighted by molar-refractivity contribution is 9.10. The molecule has 1 aromatic carbocycles. The Morgan fingerprint density at radius 1 is 1.42 bits per heavy atom. The molecule has 4 N–H and O–H groups in total. The quantitative estimate of drug-likeness (QED) is 0.796. The van der Waals surface area contributed by atoms with E-state index >= 15 is 0 Å². The molecule has 1 saturated heterocycles. The number of halogens is 2. The first-order valence-electron chi connectivity index (χ1n) is 5.73. The number of nitrogen functional groups attached to an aromatic ring is 1. The number of primary amides is 1. The van der Waals surface area contributed by atoms with Crippen molar-refractivity contribution in [2.24, 2.45) is 11.7 Å². The minimum absolute atomic E-state index is 0.0859. The van der Waals surface area contributed by atoms with Crippen LogP contribution in [-0.4, -0.2) is 29.8 Å². The molecule has 5 nitrogen and oxygen atoms in total. The van der Waals surface area contributed by atoms with E-state index in [0.717, 1.165) is 6.07 Å². The minimum Gasteiger partial charge on any atom is -0.396 e. The Hall–Kier alpha value is -1.63. The zero-order valence-electron chi connectivity index (χ0n) is 10.0. The number of carbonyl (C=O) groups excluding carboxylic acids is 2. The number of hydrogen-bond donors (Lipinski definition) is 2. The highest BCUT2D eigenvalue weighted by Gasteiger charge is 2.31. The van der Waals surface area contributed by atoms with Gasteiger partial charge in [-0.2, -0.15) is 0 Å². The third kappa shape index (κ3) is 2.70. The summed E-state index contributed by atoms with van der Waals surface area (Å²) in [6.07, 6.45) is 0.551. The molecule has 1 aliphatic heterocycles. The summed E-state index contributed by atoms with van der Waals surface area (Å²) in [5, 5.41) is 0. The second-order valence-electron chi connectivity index (χ2n) is 4.49. The Bertz CT molecular complexity index is 550. The topological polar surface area (TPSA) is 89.4 Å². The highest BCUT2D eigenvalue weighted by atomic mass is 79.9. The number of benzene rings is 1. The molecule has 0 aromatic heterocycles. The average Bonchev–Trinajstić information content (AvgIpc) is 2.82. The van der Waals surface area contributed by atoms with Crippen LogP contribution in [0.15, 0.2) is 16.6 Å². The van der Waals surface area contributed by atoms with E-state index in [1.54, 1.807) is 0 Å². The average molecular weight is 330 g/mol. The number of anilines is 1. The fraction of sp³-hybridized carbons (Fsp3) is 0.333. The van der Waals surface area contributed by atoms with Gasteiger partial charge in [0.15, 0.2) is 0 Å². The molecule has 7 heteroatoms. The number of nitrogens with zero attached hydrogens (tertiary/aromatic N) is 1. The summed E-state index contributed by atoms with van der Waals surface area (Å²) in [6, 6.07) is 2.45. The molecule has 19 heavy (non-hydrogen) atoms. The maximum atomic E-state index is 13.2. The van der Waals surface area contributed by atoms with Crippen LogP contribution in [0.4, 0.5) is 10.1 Å². The molecule has 1 aromatic rings. The van der Waals surface area contributed by atoms with Gasteiger partial charge in [-0.25, -0.2) is 4.39 Å². The summed E-state index contributed by atoms with van der Waals surface area (Å²) in [7, 11) is 0. The molecule has 1 aliphatic rings. The van der Waals surface area contributed by atoms with Crippen LogP contribution < -0.4 is 11.5 Å². The van der Waals surface area contributed by atoms with Crippen LogP contribution in [0, 0.1) is 11.7 Å². The van der Waals surface area contributed by atoms with Crippen LogP contribution in [0.25, 0.3) is 0 Å². The number of amides is 2. The number of likely N-dealkylation sites (tertiary alicyclic amines) is 1. The molecule has 1 atom stereocenters. The van der Waals surface area contributed by atoms with Gasteiger partial charge in [-0.15, -0.1) is 0 Å². The first-order valence-corrected chi connectivity index (χ1v) is 6.52. The standard InChI is InChI=1S/C12H13BrFN3O2/c13-8-4-9(14)10(15)3-7(8)12(19)17-2-1-6(5-17)11(16)18/h3-4,6H,1-2,5,15H2,(H2,16,18). The maximum absolute atomic E-state index is 13.2. The lowest BCUT2D eigenvalue weighted by Gasteiger charge is -2.17. The van der Waals surface area contributed by atoms with Crippen molar-refractivity contribution in [1.29, 1.82) is 0 Å². The third-order valence-corrected chi connectivity index (χ3v) is 3.85. The van der Waals surface area contributed by atoms with Crippen LogP contribution in [0.5, 0.6) is 0 Å². The van der Waals surface area contributed by atoms with Crippen molar-refractivity contribution >= 4 is 33.4 Å². The zero-order chi connectivity index (χ0) is 14.2. The predicted molar refractivity (Wildman–Crippen MR) is 71.7 cm³/mol. The first-order chi connectivity index (χ1) is 8.90. The molecule has 0 saturated carbocycles. The van der Waals surface area contributed by atoms with Crippen LogP contribution in [0.1, 0.15) is 16.8 Å². The molecule has 0 bridgehead atoms. The van der Waals surface area contributed by atoms with Gasteiger partial charge in [0.25, 0.3) is 5.91 Å². The van der Waals surface area contributed by atoms with E-state index in [-0.39, 0.29) is 29.6 Å². The van der Waals surface area contributed by atoms with Gasteiger partial charge < -0.3 is 16.4 Å². The number of nitrogens with two attached hydrogens (primary N) is 2. The molecule has 0 radical (unpaired) electrons. The molecule has 0 spiro atoms. The van der Waals surface area contributed by atoms with Gasteiger partial charge in [-0.3, -0.25) is 9.59 Å². The van der Waals surface area contributed by atoms with E-state index in [4.69, 9.17) is 11.5 Å².